The standard InChI is InChI=1S/C22H16N2O2/c25-22(24-26-17-11-5-2-6-12-17)19-15-21(16-9-3-1-4-10-16)23-20-14-8-7-13-18(19)20/h1-15H,(H,24,25). The van der Waals surface area contributed by atoms with Crippen molar-refractivity contribution < 1.29 is 9.63 Å². The van der Waals surface area contributed by atoms with Gasteiger partial charge in [-0.25, -0.2) is 4.98 Å². The average molecular weight is 340 g/mol. The van der Waals surface area contributed by atoms with Crippen molar-refractivity contribution in [1.82, 2.24) is 10.5 Å². The van der Waals surface area contributed by atoms with Gasteiger partial charge in [-0.05, 0) is 24.3 Å². The van der Waals surface area contributed by atoms with Crippen LogP contribution in [0, 0.1) is 0 Å². The van der Waals surface area contributed by atoms with Crippen LogP contribution in [0.2, 0.25) is 0 Å². The molecule has 4 heteroatoms. The number of hydroxylamine groups is 1. The Morgan fingerprint density at radius 2 is 1.46 bits per heavy atom. The van der Waals surface area contributed by atoms with E-state index in [2.05, 4.69) is 10.5 Å². The first kappa shape index (κ1) is 15.8. The fourth-order valence-corrected chi connectivity index (χ4v) is 2.77. The zero-order valence-electron chi connectivity index (χ0n) is 13.9. The lowest BCUT2D eigenvalue weighted by Gasteiger charge is -2.11. The molecule has 4 aromatic rings. The number of pyridine rings is 1. The van der Waals surface area contributed by atoms with Gasteiger partial charge in [0.05, 0.1) is 16.8 Å². The quantitative estimate of drug-likeness (QED) is 0.551. The van der Waals surface area contributed by atoms with Crippen molar-refractivity contribution in [1.29, 1.82) is 0 Å². The molecule has 4 nitrogen and oxygen atoms in total. The summed E-state index contributed by atoms with van der Waals surface area (Å²) in [5, 5.41) is 0.779. The summed E-state index contributed by atoms with van der Waals surface area (Å²) >= 11 is 0. The van der Waals surface area contributed by atoms with Crippen molar-refractivity contribution in [2.24, 2.45) is 0 Å². The smallest absolute Gasteiger partial charge is 0.284 e. The highest BCUT2D eigenvalue weighted by molar-refractivity contribution is 6.06. The molecule has 0 atom stereocenters. The van der Waals surface area contributed by atoms with Gasteiger partial charge in [0.25, 0.3) is 5.91 Å². The minimum atomic E-state index is -0.315. The number of hydrogen-bond acceptors (Lipinski definition) is 3. The van der Waals surface area contributed by atoms with Crippen LogP contribution in [0.4, 0.5) is 0 Å². The first-order valence-corrected chi connectivity index (χ1v) is 8.29. The molecule has 0 fully saturated rings. The van der Waals surface area contributed by atoms with Crippen LogP contribution >= 0.6 is 0 Å². The van der Waals surface area contributed by atoms with E-state index in [-0.39, 0.29) is 5.91 Å². The third kappa shape index (κ3) is 3.26. The molecule has 0 bridgehead atoms. The molecule has 126 valence electrons. The minimum absolute atomic E-state index is 0.315. The van der Waals surface area contributed by atoms with Crippen LogP contribution in [0.5, 0.6) is 5.75 Å². The van der Waals surface area contributed by atoms with Crippen molar-refractivity contribution in [2.75, 3.05) is 0 Å². The summed E-state index contributed by atoms with van der Waals surface area (Å²) < 4.78 is 0. The summed E-state index contributed by atoms with van der Waals surface area (Å²) in [6.07, 6.45) is 0. The molecule has 1 N–H and O–H groups in total. The van der Waals surface area contributed by atoms with E-state index in [0.717, 1.165) is 22.2 Å². The molecular weight excluding hydrogens is 324 g/mol. The van der Waals surface area contributed by atoms with Gasteiger partial charge < -0.3 is 4.84 Å². The predicted octanol–water partition coefficient (Wildman–Crippen LogP) is 4.63. The Balaban J connectivity index is 1.72. The molecule has 3 aromatic carbocycles. The van der Waals surface area contributed by atoms with Gasteiger partial charge in [-0.2, -0.15) is 5.48 Å². The number of amides is 1. The number of aromatic nitrogens is 1. The number of carbonyl (C=O) groups excluding carboxylic acids is 1. The molecule has 4 rings (SSSR count). The van der Waals surface area contributed by atoms with Gasteiger partial charge in [-0.1, -0.05) is 66.7 Å². The largest absolute Gasteiger partial charge is 0.379 e. The van der Waals surface area contributed by atoms with E-state index in [9.17, 15) is 4.79 Å². The first-order valence-electron chi connectivity index (χ1n) is 8.29. The maximum Gasteiger partial charge on any atom is 0.284 e. The number of benzene rings is 3. The molecule has 1 aromatic heterocycles. The van der Waals surface area contributed by atoms with E-state index in [0.29, 0.717) is 11.3 Å². The second kappa shape index (κ2) is 7.07. The van der Waals surface area contributed by atoms with Crippen molar-refractivity contribution in [3.8, 4) is 17.0 Å². The number of hydrogen-bond donors (Lipinski definition) is 1. The van der Waals surface area contributed by atoms with E-state index in [1.54, 1.807) is 18.2 Å². The van der Waals surface area contributed by atoms with Crippen LogP contribution in [-0.2, 0) is 0 Å². The van der Waals surface area contributed by atoms with Gasteiger partial charge in [-0.3, -0.25) is 4.79 Å². The Hall–Kier alpha value is -3.66. The third-order valence-corrected chi connectivity index (χ3v) is 4.04. The van der Waals surface area contributed by atoms with Crippen LogP contribution in [0.1, 0.15) is 10.4 Å². The zero-order chi connectivity index (χ0) is 17.8. The van der Waals surface area contributed by atoms with E-state index in [4.69, 9.17) is 4.84 Å². The number of nitrogens with one attached hydrogen (secondary N) is 1. The summed E-state index contributed by atoms with van der Waals surface area (Å²) in [5.74, 6) is 0.257. The average Bonchev–Trinajstić information content (AvgIpc) is 2.72. The molecule has 0 unspecified atom stereocenters. The van der Waals surface area contributed by atoms with Crippen molar-refractivity contribution in [3.63, 3.8) is 0 Å². The second-order valence-electron chi connectivity index (χ2n) is 5.78. The van der Waals surface area contributed by atoms with Gasteiger partial charge in [0.15, 0.2) is 5.75 Å². The SMILES string of the molecule is O=C(NOc1ccccc1)c1cc(-c2ccccc2)nc2ccccc12. The zero-order valence-corrected chi connectivity index (χ0v) is 13.9. The molecule has 1 heterocycles. The maximum absolute atomic E-state index is 12.8. The molecule has 0 saturated heterocycles. The minimum Gasteiger partial charge on any atom is -0.379 e. The lowest BCUT2D eigenvalue weighted by Crippen LogP contribution is -2.27. The monoisotopic (exact) mass is 340 g/mol. The highest BCUT2D eigenvalue weighted by atomic mass is 16.7. The molecule has 0 aliphatic carbocycles. The molecule has 1 amide bonds. The molecule has 0 aliphatic rings. The fraction of sp³-hybridized carbons (Fsp3) is 0. The van der Waals surface area contributed by atoms with E-state index in [1.165, 1.54) is 0 Å². The van der Waals surface area contributed by atoms with Crippen LogP contribution < -0.4 is 10.3 Å². The van der Waals surface area contributed by atoms with Gasteiger partial charge >= 0.3 is 0 Å². The maximum atomic E-state index is 12.8. The van der Waals surface area contributed by atoms with Crippen LogP contribution in [0.15, 0.2) is 91.0 Å². The van der Waals surface area contributed by atoms with E-state index >= 15 is 0 Å². The fourth-order valence-electron chi connectivity index (χ4n) is 2.77. The Kier molecular flexibility index (Phi) is 4.31. The molecule has 0 saturated carbocycles. The van der Waals surface area contributed by atoms with Crippen LogP contribution in [0.3, 0.4) is 0 Å². The summed E-state index contributed by atoms with van der Waals surface area (Å²) in [5.41, 5.74) is 5.50. The number of nitrogens with zero attached hydrogens (tertiary/aromatic N) is 1. The van der Waals surface area contributed by atoms with Crippen LogP contribution in [0.25, 0.3) is 22.2 Å². The number of fused-ring (bicyclic) bond motifs is 1. The Labute approximate surface area is 151 Å². The Bertz CT molecular complexity index is 1050. The highest BCUT2D eigenvalue weighted by Gasteiger charge is 2.14. The lowest BCUT2D eigenvalue weighted by molar-refractivity contribution is 0.0762. The lowest BCUT2D eigenvalue weighted by atomic mass is 10.0. The molecular formula is C22H16N2O2. The second-order valence-corrected chi connectivity index (χ2v) is 5.78. The highest BCUT2D eigenvalue weighted by Crippen LogP contribution is 2.24. The van der Waals surface area contributed by atoms with Crippen molar-refractivity contribution in [3.05, 3.63) is 96.6 Å². The normalized spacial score (nSPS) is 10.5. The predicted molar refractivity (Wildman–Crippen MR) is 102 cm³/mol. The topological polar surface area (TPSA) is 51.2 Å². The Morgan fingerprint density at radius 1 is 0.808 bits per heavy atom. The molecule has 26 heavy (non-hydrogen) atoms. The van der Waals surface area contributed by atoms with Crippen LogP contribution in [-0.4, -0.2) is 10.9 Å². The van der Waals surface area contributed by atoms with E-state index < -0.39 is 0 Å². The number of carbonyl (C=O) groups is 1. The number of rotatable bonds is 4. The summed E-state index contributed by atoms with van der Waals surface area (Å²) in [4.78, 5) is 22.8. The van der Waals surface area contributed by atoms with E-state index in [1.807, 2.05) is 72.8 Å². The van der Waals surface area contributed by atoms with Crippen molar-refractivity contribution in [2.45, 2.75) is 0 Å². The summed E-state index contributed by atoms with van der Waals surface area (Å²) in [7, 11) is 0. The summed E-state index contributed by atoms with van der Waals surface area (Å²) in [6.45, 7) is 0. The molecule has 0 spiro atoms. The Morgan fingerprint density at radius 3 is 2.23 bits per heavy atom. The third-order valence-electron chi connectivity index (χ3n) is 4.04. The van der Waals surface area contributed by atoms with Gasteiger partial charge in [0.1, 0.15) is 0 Å². The van der Waals surface area contributed by atoms with Crippen molar-refractivity contribution >= 4 is 16.8 Å². The summed E-state index contributed by atoms with van der Waals surface area (Å²) in [6, 6.07) is 28.3. The molecule has 0 aliphatic heterocycles. The van der Waals surface area contributed by atoms with Gasteiger partial charge in [0.2, 0.25) is 0 Å². The first-order chi connectivity index (χ1) is 12.8. The molecule has 0 radical (unpaired) electrons. The number of para-hydroxylation sites is 2. The van der Waals surface area contributed by atoms with Gasteiger partial charge in [0, 0.05) is 10.9 Å². The van der Waals surface area contributed by atoms with Gasteiger partial charge in [-0.15, -0.1) is 0 Å².